The summed E-state index contributed by atoms with van der Waals surface area (Å²) in [6, 6.07) is 5.94. The number of azo groups is 1. The fraction of sp³-hybridized carbons (Fsp3) is 0.250. The first-order valence-corrected chi connectivity index (χ1v) is 10.8. The van der Waals surface area contributed by atoms with Crippen LogP contribution in [-0.4, -0.2) is 39.9 Å². The standard InChI is InChI=1S/C20H21N3O6S/c1-28-13-8-12(9-14(10-13)29-2)20(25)22-21-18-11-17(23-30(3,26)27)15-6-4-5-7-16(15)19(18)24/h4-5,8-11,23-24H,6-7H2,1-3H3. The molecule has 0 aliphatic heterocycles. The van der Waals surface area contributed by atoms with Gasteiger partial charge in [-0.05, 0) is 36.6 Å². The van der Waals surface area contributed by atoms with Crippen LogP contribution in [0.25, 0.3) is 0 Å². The molecule has 0 radical (unpaired) electrons. The lowest BCUT2D eigenvalue weighted by Gasteiger charge is -2.19. The molecule has 2 N–H and O–H groups in total. The van der Waals surface area contributed by atoms with Gasteiger partial charge in [-0.3, -0.25) is 9.52 Å². The van der Waals surface area contributed by atoms with Crippen LogP contribution in [0.3, 0.4) is 0 Å². The van der Waals surface area contributed by atoms with Gasteiger partial charge in [-0.25, -0.2) is 8.42 Å². The number of hydrogen-bond donors (Lipinski definition) is 2. The van der Waals surface area contributed by atoms with E-state index in [0.29, 0.717) is 41.2 Å². The first kappa shape index (κ1) is 21.3. The fourth-order valence-corrected chi connectivity index (χ4v) is 3.64. The van der Waals surface area contributed by atoms with E-state index in [4.69, 9.17) is 9.47 Å². The molecule has 1 aliphatic rings. The molecule has 0 atom stereocenters. The predicted molar refractivity (Wildman–Crippen MR) is 112 cm³/mol. The Hall–Kier alpha value is -3.40. The van der Waals surface area contributed by atoms with Crippen molar-refractivity contribution in [2.45, 2.75) is 12.8 Å². The van der Waals surface area contributed by atoms with E-state index < -0.39 is 15.9 Å². The fourth-order valence-electron chi connectivity index (χ4n) is 3.06. The quantitative estimate of drug-likeness (QED) is 0.410. The minimum absolute atomic E-state index is 0.0154. The lowest BCUT2D eigenvalue weighted by atomic mass is 9.93. The van der Waals surface area contributed by atoms with Crippen LogP contribution in [-0.2, 0) is 22.9 Å². The molecule has 3 rings (SSSR count). The van der Waals surface area contributed by atoms with Crippen molar-refractivity contribution in [2.75, 3.05) is 25.2 Å². The van der Waals surface area contributed by atoms with Gasteiger partial charge in [-0.1, -0.05) is 12.2 Å². The number of nitrogens with one attached hydrogen (secondary N) is 1. The van der Waals surface area contributed by atoms with Gasteiger partial charge in [-0.2, -0.15) is 0 Å². The number of fused-ring (bicyclic) bond motifs is 1. The maximum atomic E-state index is 12.5. The molecule has 9 nitrogen and oxygen atoms in total. The highest BCUT2D eigenvalue weighted by atomic mass is 32.2. The first-order valence-electron chi connectivity index (χ1n) is 8.91. The lowest BCUT2D eigenvalue weighted by Crippen LogP contribution is -2.13. The van der Waals surface area contributed by atoms with E-state index in [9.17, 15) is 18.3 Å². The number of carbonyl (C=O) groups is 1. The van der Waals surface area contributed by atoms with E-state index in [1.165, 1.54) is 32.4 Å². The maximum absolute atomic E-state index is 12.5. The number of aromatic hydroxyl groups is 1. The molecule has 0 heterocycles. The van der Waals surface area contributed by atoms with Crippen LogP contribution in [0.4, 0.5) is 11.4 Å². The van der Waals surface area contributed by atoms with E-state index >= 15 is 0 Å². The Balaban J connectivity index is 1.99. The van der Waals surface area contributed by atoms with E-state index in [1.54, 1.807) is 6.07 Å². The number of rotatable bonds is 6. The van der Waals surface area contributed by atoms with Gasteiger partial charge < -0.3 is 14.6 Å². The Morgan fingerprint density at radius 1 is 1.03 bits per heavy atom. The van der Waals surface area contributed by atoms with Gasteiger partial charge in [0, 0.05) is 11.6 Å². The summed E-state index contributed by atoms with van der Waals surface area (Å²) in [4.78, 5) is 12.5. The van der Waals surface area contributed by atoms with Crippen molar-refractivity contribution in [2.24, 2.45) is 10.2 Å². The number of ether oxygens (including phenoxy) is 2. The van der Waals surface area contributed by atoms with Crippen molar-refractivity contribution in [1.82, 2.24) is 0 Å². The van der Waals surface area contributed by atoms with Crippen molar-refractivity contribution in [3.8, 4) is 17.2 Å². The summed E-state index contributed by atoms with van der Waals surface area (Å²) in [7, 11) is -0.635. The molecule has 0 aromatic heterocycles. The van der Waals surface area contributed by atoms with Gasteiger partial charge in [0.15, 0.2) is 0 Å². The van der Waals surface area contributed by atoms with E-state index in [0.717, 1.165) is 6.26 Å². The highest BCUT2D eigenvalue weighted by Gasteiger charge is 2.20. The molecule has 0 spiro atoms. The normalized spacial score (nSPS) is 13.2. The van der Waals surface area contributed by atoms with Crippen LogP contribution < -0.4 is 14.2 Å². The summed E-state index contributed by atoms with van der Waals surface area (Å²) in [5, 5.41) is 18.1. The van der Waals surface area contributed by atoms with Crippen LogP contribution in [0.5, 0.6) is 17.2 Å². The number of nitrogens with zero attached hydrogens (tertiary/aromatic N) is 2. The lowest BCUT2D eigenvalue weighted by molar-refractivity contribution is 0.0994. The number of sulfonamides is 1. The van der Waals surface area contributed by atoms with Crippen molar-refractivity contribution >= 4 is 27.3 Å². The number of methoxy groups -OCH3 is 2. The zero-order valence-electron chi connectivity index (χ0n) is 16.7. The topological polar surface area (TPSA) is 127 Å². The summed E-state index contributed by atoms with van der Waals surface area (Å²) < 4.78 is 36.2. The SMILES string of the molecule is COc1cc(OC)cc(C(=O)N=Nc2cc(NS(C)(=O)=O)c3c(c2O)CC=CC3)c1. The number of allylic oxidation sites excluding steroid dienone is 2. The molecule has 0 fully saturated rings. The number of carbonyl (C=O) groups excluding carboxylic acids is 1. The molecule has 30 heavy (non-hydrogen) atoms. The van der Waals surface area contributed by atoms with Crippen LogP contribution in [0, 0.1) is 0 Å². The number of amides is 1. The Bertz CT molecular complexity index is 1130. The predicted octanol–water partition coefficient (Wildman–Crippen LogP) is 3.36. The van der Waals surface area contributed by atoms with Crippen LogP contribution in [0.15, 0.2) is 46.6 Å². The number of hydrogen-bond acceptors (Lipinski definition) is 7. The molecular formula is C20H21N3O6S. The van der Waals surface area contributed by atoms with Gasteiger partial charge in [0.05, 0.1) is 31.7 Å². The van der Waals surface area contributed by atoms with E-state index in [2.05, 4.69) is 15.0 Å². The molecule has 158 valence electrons. The zero-order valence-corrected chi connectivity index (χ0v) is 17.5. The van der Waals surface area contributed by atoms with Crippen molar-refractivity contribution in [1.29, 1.82) is 0 Å². The van der Waals surface area contributed by atoms with Crippen LogP contribution in [0.1, 0.15) is 21.5 Å². The van der Waals surface area contributed by atoms with Crippen molar-refractivity contribution in [3.63, 3.8) is 0 Å². The molecule has 1 aliphatic carbocycles. The minimum Gasteiger partial charge on any atom is -0.505 e. The maximum Gasteiger partial charge on any atom is 0.295 e. The summed E-state index contributed by atoms with van der Waals surface area (Å²) >= 11 is 0. The van der Waals surface area contributed by atoms with E-state index in [1.807, 2.05) is 12.2 Å². The second kappa shape index (κ2) is 8.54. The van der Waals surface area contributed by atoms with Gasteiger partial charge in [0.2, 0.25) is 10.0 Å². The van der Waals surface area contributed by atoms with Gasteiger partial charge in [0.1, 0.15) is 22.9 Å². The van der Waals surface area contributed by atoms with Gasteiger partial charge >= 0.3 is 0 Å². The average Bonchev–Trinajstić information content (AvgIpc) is 2.73. The second-order valence-corrected chi connectivity index (χ2v) is 8.36. The Kier molecular flexibility index (Phi) is 6.06. The summed E-state index contributed by atoms with van der Waals surface area (Å²) in [6.07, 6.45) is 5.65. The smallest absolute Gasteiger partial charge is 0.295 e. The minimum atomic E-state index is -3.55. The highest BCUT2D eigenvalue weighted by Crippen LogP contribution is 2.40. The number of benzene rings is 2. The monoisotopic (exact) mass is 431 g/mol. The molecule has 0 bridgehead atoms. The largest absolute Gasteiger partial charge is 0.505 e. The zero-order chi connectivity index (χ0) is 21.9. The number of anilines is 1. The highest BCUT2D eigenvalue weighted by molar-refractivity contribution is 7.92. The molecule has 0 unspecified atom stereocenters. The Morgan fingerprint density at radius 3 is 2.20 bits per heavy atom. The molecule has 2 aromatic rings. The Labute approximate surface area is 174 Å². The average molecular weight is 431 g/mol. The first-order chi connectivity index (χ1) is 14.2. The second-order valence-electron chi connectivity index (χ2n) is 6.61. The summed E-state index contributed by atoms with van der Waals surface area (Å²) in [5.74, 6) is 0.00178. The van der Waals surface area contributed by atoms with Crippen molar-refractivity contribution in [3.05, 3.63) is 53.1 Å². The molecule has 0 saturated carbocycles. The third-order valence-corrected chi connectivity index (χ3v) is 5.04. The third-order valence-electron chi connectivity index (χ3n) is 4.45. The molecular weight excluding hydrogens is 410 g/mol. The molecule has 10 heteroatoms. The number of phenols is 1. The van der Waals surface area contributed by atoms with Gasteiger partial charge in [0.25, 0.3) is 5.91 Å². The van der Waals surface area contributed by atoms with E-state index in [-0.39, 0.29) is 17.0 Å². The number of phenolic OH excluding ortho intramolecular Hbond substituents is 1. The van der Waals surface area contributed by atoms with Gasteiger partial charge in [-0.15, -0.1) is 10.2 Å². The Morgan fingerprint density at radius 2 is 1.63 bits per heavy atom. The molecule has 0 saturated heterocycles. The van der Waals surface area contributed by atoms with Crippen molar-refractivity contribution < 1.29 is 27.8 Å². The summed E-state index contributed by atoms with van der Waals surface area (Å²) in [6.45, 7) is 0. The van der Waals surface area contributed by atoms with Crippen LogP contribution in [0.2, 0.25) is 0 Å². The molecule has 2 aromatic carbocycles. The van der Waals surface area contributed by atoms with Crippen LogP contribution >= 0.6 is 0 Å². The summed E-state index contributed by atoms with van der Waals surface area (Å²) in [5.41, 5.74) is 1.65. The molecule has 1 amide bonds. The third kappa shape index (κ3) is 4.77.